The van der Waals surface area contributed by atoms with Crippen LogP contribution in [0.5, 0.6) is 0 Å². The fourth-order valence-electron chi connectivity index (χ4n) is 8.88. The quantitative estimate of drug-likeness (QED) is 0.0267. The topological polar surface area (TPSA) is 542 Å². The van der Waals surface area contributed by atoms with Gasteiger partial charge in [-0.2, -0.15) is 13.6 Å². The van der Waals surface area contributed by atoms with Crippen molar-refractivity contribution in [1.29, 1.82) is 0 Å². The summed E-state index contributed by atoms with van der Waals surface area (Å²) in [6.07, 6.45) is -12.3. The molecule has 0 bridgehead atoms. The van der Waals surface area contributed by atoms with Crippen LogP contribution in [0.2, 0.25) is 0 Å². The summed E-state index contributed by atoms with van der Waals surface area (Å²) in [6.45, 7) is -1.46. The first-order valence-corrected chi connectivity index (χ1v) is 28.0. The predicted molar refractivity (Wildman–Crippen MR) is 247 cm³/mol. The van der Waals surface area contributed by atoms with E-state index < -0.39 is 136 Å². The normalized spacial score (nSPS) is 30.2. The van der Waals surface area contributed by atoms with Crippen LogP contribution in [0.4, 0.5) is 17.7 Å². The number of imidazole rings is 3. The number of nitrogen functional groups attached to an aromatic ring is 3. The zero-order valence-corrected chi connectivity index (χ0v) is 42.8. The summed E-state index contributed by atoms with van der Waals surface area (Å²) in [5, 5.41) is 33.0. The molecule has 3 aliphatic heterocycles. The van der Waals surface area contributed by atoms with Gasteiger partial charge in [-0.15, -0.1) is 0 Å². The van der Waals surface area contributed by atoms with Gasteiger partial charge in [-0.25, -0.2) is 42.8 Å². The van der Waals surface area contributed by atoms with Gasteiger partial charge in [-0.3, -0.25) is 51.4 Å². The molecule has 0 aliphatic carbocycles. The van der Waals surface area contributed by atoms with Gasteiger partial charge < -0.3 is 71.0 Å². The number of nitrogens with two attached hydrogens (primary N) is 3. The highest BCUT2D eigenvalue weighted by Gasteiger charge is 2.54. The van der Waals surface area contributed by atoms with Crippen LogP contribution in [-0.4, -0.2) is 164 Å². The summed E-state index contributed by atoms with van der Waals surface area (Å²) in [5.74, 6) is -1.46. The van der Waals surface area contributed by atoms with Gasteiger partial charge in [0.15, 0.2) is 41.4 Å². The SMILES string of the molecule is CC[C@@H]1[C@@H](COP(=O)(O)OP(=O)(O)OP(=O)(O)OC[C@H]2O[C@@H](n3cnc4c(N)ncnc43)[C@H](OC)[C@@H]2OP(=O)(O)OC[C@H]2O[C@@H](n3cnc4c(=O)[nH]c(N)nc43)[C@H](O)[C@@H]2O)OC([n+]2cn(C)c3c(=O)[nH]c(N)nc32)[C@@H]1O. The average molecular weight is 1160 g/mol. The number of aliphatic hydroxyl groups is 3. The van der Waals surface area contributed by atoms with Crippen molar-refractivity contribution in [2.45, 2.75) is 80.9 Å². The summed E-state index contributed by atoms with van der Waals surface area (Å²) in [6, 6.07) is 0. The van der Waals surface area contributed by atoms with E-state index in [1.807, 2.05) is 0 Å². The number of hydrogen-bond acceptors (Lipinski definition) is 28. The molecular formula is C34H48N15O23P4+. The van der Waals surface area contributed by atoms with Gasteiger partial charge in [0.2, 0.25) is 17.7 Å². The predicted octanol–water partition coefficient (Wildman–Crippen LogP) is -3.05. The molecule has 3 fully saturated rings. The summed E-state index contributed by atoms with van der Waals surface area (Å²) >= 11 is 0. The summed E-state index contributed by atoms with van der Waals surface area (Å²) < 4.78 is 110. The molecule has 6 aromatic rings. The van der Waals surface area contributed by atoms with Crippen molar-refractivity contribution < 1.29 is 103 Å². The molecule has 0 aromatic carbocycles. The first kappa shape index (κ1) is 55.6. The molecule has 15 N–H and O–H groups in total. The summed E-state index contributed by atoms with van der Waals surface area (Å²) in [5.41, 5.74) is 15.8. The second-order valence-electron chi connectivity index (χ2n) is 17.0. The molecule has 0 spiro atoms. The maximum Gasteiger partial charge on any atom is 0.490 e. The number of hydrogen-bond donors (Lipinski definition) is 12. The Labute approximate surface area is 422 Å². The van der Waals surface area contributed by atoms with E-state index in [1.165, 1.54) is 27.1 Å². The van der Waals surface area contributed by atoms with Gasteiger partial charge in [0.05, 0.1) is 45.6 Å². The second-order valence-corrected chi connectivity index (χ2v) is 23.1. The Morgan fingerprint density at radius 1 is 0.697 bits per heavy atom. The van der Waals surface area contributed by atoms with Crippen molar-refractivity contribution >= 4 is 82.5 Å². The third-order valence-electron chi connectivity index (χ3n) is 12.2. The van der Waals surface area contributed by atoms with E-state index in [0.717, 1.165) is 30.7 Å². The number of phosphoric acid groups is 4. The van der Waals surface area contributed by atoms with Gasteiger partial charge in [-0.1, -0.05) is 11.9 Å². The molecule has 0 amide bonds. The number of nitrogens with zero attached hydrogens (tertiary/aromatic N) is 10. The lowest BCUT2D eigenvalue weighted by atomic mass is 9.95. The lowest BCUT2D eigenvalue weighted by Crippen LogP contribution is -2.45. The Morgan fingerprint density at radius 3 is 1.96 bits per heavy atom. The monoisotopic (exact) mass is 1160 g/mol. The third kappa shape index (κ3) is 11.0. The number of aromatic nitrogens is 12. The first-order valence-electron chi connectivity index (χ1n) is 22.0. The smallest absolute Gasteiger partial charge is 0.387 e. The lowest BCUT2D eigenvalue weighted by molar-refractivity contribution is -0.745. The fourth-order valence-corrected chi connectivity index (χ4v) is 13.4. The highest BCUT2D eigenvalue weighted by molar-refractivity contribution is 7.66. The van der Waals surface area contributed by atoms with Crippen LogP contribution in [0, 0.1) is 5.92 Å². The average Bonchev–Trinajstić information content (AvgIpc) is 4.18. The maximum atomic E-state index is 13.7. The van der Waals surface area contributed by atoms with E-state index in [2.05, 4.69) is 48.5 Å². The number of aryl methyl sites for hydroxylation is 1. The minimum Gasteiger partial charge on any atom is -0.387 e. The minimum atomic E-state index is -6.15. The molecule has 9 rings (SSSR count). The minimum absolute atomic E-state index is 0.0159. The lowest BCUT2D eigenvalue weighted by Gasteiger charge is -2.26. The van der Waals surface area contributed by atoms with Crippen molar-refractivity contribution in [2.24, 2.45) is 13.0 Å². The Balaban J connectivity index is 0.866. The number of anilines is 3. The number of methoxy groups -OCH3 is 1. The number of nitrogens with one attached hydrogen (secondary N) is 2. The number of H-pyrrole nitrogens is 2. The van der Waals surface area contributed by atoms with Gasteiger partial charge >= 0.3 is 36.9 Å². The number of aliphatic hydroxyl groups excluding tert-OH is 3. The standard InChI is InChI=1S/C34H47N15O23P4/c1-4-12-13(67-30(19(12)50)49-11-46(2)18-27(49)43-34(37)45-29(18)54)5-65-74(57,58)71-76(61,62)72-75(59,60)66-7-15-22(23(63-3)32(69-15)47-9-40-16-24(35)38-8-39-25(16)47)70-73(55,56)64-6-14-20(51)21(52)31(68-14)48-10-41-17-26(48)42-33(36)44-28(17)53/h8-15,19-23,30-32,50-52H,4-7H2,1-3H3,(H11-,35,36,37,38,39,42,43,44,45,53,54,55,56,57,58,59,60,61,62)/p+1/t12-,13-,14-,15-,19-,20-,21-,22-,23-,30?,31-,32-/m1/s1. The fraction of sp³-hybridized carbons (Fsp3) is 0.559. The van der Waals surface area contributed by atoms with Gasteiger partial charge in [0.25, 0.3) is 17.1 Å². The Morgan fingerprint density at radius 2 is 1.29 bits per heavy atom. The van der Waals surface area contributed by atoms with Crippen LogP contribution in [0.3, 0.4) is 0 Å². The van der Waals surface area contributed by atoms with Crippen LogP contribution in [-0.2, 0) is 71.0 Å². The van der Waals surface area contributed by atoms with Gasteiger partial charge in [-0.05, 0) is 6.42 Å². The molecule has 5 unspecified atom stereocenters. The van der Waals surface area contributed by atoms with E-state index >= 15 is 0 Å². The molecule has 416 valence electrons. The highest BCUT2D eigenvalue weighted by atomic mass is 31.3. The van der Waals surface area contributed by atoms with Crippen molar-refractivity contribution in [1.82, 2.24) is 53.6 Å². The number of aromatic amines is 2. The van der Waals surface area contributed by atoms with E-state index in [4.69, 9.17) is 54.2 Å². The molecule has 0 saturated carbocycles. The third-order valence-corrected chi connectivity index (χ3v) is 17.5. The van der Waals surface area contributed by atoms with Gasteiger partial charge in [0, 0.05) is 13.0 Å². The van der Waals surface area contributed by atoms with Crippen LogP contribution >= 0.6 is 31.3 Å². The molecule has 3 aliphatic rings. The van der Waals surface area contributed by atoms with Crippen molar-refractivity contribution in [2.75, 3.05) is 44.1 Å². The van der Waals surface area contributed by atoms with Crippen LogP contribution in [0.15, 0.2) is 34.9 Å². The van der Waals surface area contributed by atoms with Crippen molar-refractivity contribution in [3.63, 3.8) is 0 Å². The van der Waals surface area contributed by atoms with Crippen LogP contribution < -0.4 is 32.9 Å². The van der Waals surface area contributed by atoms with E-state index in [9.17, 15) is 62.7 Å². The highest BCUT2D eigenvalue weighted by Crippen LogP contribution is 2.68. The zero-order chi connectivity index (χ0) is 55.0. The van der Waals surface area contributed by atoms with E-state index in [0.29, 0.717) is 0 Å². The van der Waals surface area contributed by atoms with Gasteiger partial charge in [0.1, 0.15) is 54.6 Å². The Bertz CT molecular complexity index is 3490. The molecule has 38 nitrogen and oxygen atoms in total. The first-order chi connectivity index (χ1) is 35.7. The number of phosphoric ester groups is 3. The molecule has 6 aromatic heterocycles. The molecule has 0 radical (unpaired) electrons. The number of fused-ring (bicyclic) bond motifs is 3. The number of rotatable bonds is 20. The summed E-state index contributed by atoms with van der Waals surface area (Å²) in [4.78, 5) is 96.3. The van der Waals surface area contributed by atoms with Crippen LogP contribution in [0.25, 0.3) is 33.5 Å². The molecule has 16 atom stereocenters. The molecular weight excluding hydrogens is 1110 g/mol. The van der Waals surface area contributed by atoms with Crippen molar-refractivity contribution in [3.8, 4) is 0 Å². The molecule has 42 heteroatoms. The maximum absolute atomic E-state index is 13.7. The summed E-state index contributed by atoms with van der Waals surface area (Å²) in [7, 11) is -20.6. The van der Waals surface area contributed by atoms with Crippen molar-refractivity contribution in [3.05, 3.63) is 46.0 Å². The second kappa shape index (κ2) is 20.9. The Hall–Kier alpha value is -5.11. The Kier molecular flexibility index (Phi) is 15.3. The van der Waals surface area contributed by atoms with E-state index in [1.54, 1.807) is 6.92 Å². The largest absolute Gasteiger partial charge is 0.490 e. The van der Waals surface area contributed by atoms with Crippen LogP contribution in [0.1, 0.15) is 32.0 Å². The zero-order valence-electron chi connectivity index (χ0n) is 39.2. The molecule has 3 saturated heterocycles. The molecule has 76 heavy (non-hydrogen) atoms. The molecule has 9 heterocycles. The number of ether oxygens (including phenoxy) is 4. The van der Waals surface area contributed by atoms with E-state index in [-0.39, 0.29) is 57.6 Å².